The van der Waals surface area contributed by atoms with Crippen LogP contribution in [0.4, 0.5) is 33.9 Å². The molecule has 7 heterocycles. The maximum absolute atomic E-state index is 17.0. The minimum absolute atomic E-state index is 0.0149. The number of pyridine rings is 1. The highest BCUT2D eigenvalue weighted by Gasteiger charge is 2.53. The minimum atomic E-state index is -4.82. The zero-order valence-corrected chi connectivity index (χ0v) is 28.4. The monoisotopic (exact) mass is 700 g/mol. The van der Waals surface area contributed by atoms with E-state index in [2.05, 4.69) is 9.97 Å². The molecule has 11 nitrogen and oxygen atoms in total. The van der Waals surface area contributed by atoms with Crippen LogP contribution in [0.15, 0.2) is 12.1 Å². The number of anilines is 2. The first-order chi connectivity index (χ1) is 23.6. The molecule has 268 valence electrons. The van der Waals surface area contributed by atoms with Gasteiger partial charge in [0.2, 0.25) is 5.88 Å². The summed E-state index contributed by atoms with van der Waals surface area (Å²) >= 11 is 0. The summed E-state index contributed by atoms with van der Waals surface area (Å²) in [5.74, 6) is -0.859. The smallest absolute Gasteiger partial charge is 0.417 e. The normalized spacial score (nSPS) is 27.0. The number of carbonyl (C=O) groups excluding carboxylic acids is 1. The number of fused-ring (bicyclic) bond motifs is 6. The number of piperazine rings is 1. The third kappa shape index (κ3) is 5.43. The Labute approximate surface area is 286 Å². The lowest BCUT2D eigenvalue weighted by Gasteiger charge is -2.48. The van der Waals surface area contributed by atoms with Gasteiger partial charge in [-0.2, -0.15) is 23.1 Å². The van der Waals surface area contributed by atoms with Gasteiger partial charge in [-0.05, 0) is 70.6 Å². The predicted molar refractivity (Wildman–Crippen MR) is 175 cm³/mol. The third-order valence-electron chi connectivity index (χ3n) is 10.7. The fourth-order valence-electron chi connectivity index (χ4n) is 8.51. The Balaban J connectivity index is 1.29. The fourth-order valence-corrected chi connectivity index (χ4v) is 8.51. The summed E-state index contributed by atoms with van der Waals surface area (Å²) in [6, 6.07) is 1.49. The molecule has 3 atom stereocenters. The molecular weight excluding hydrogens is 660 g/mol. The van der Waals surface area contributed by atoms with Crippen molar-refractivity contribution in [1.82, 2.24) is 19.9 Å². The van der Waals surface area contributed by atoms with E-state index < -0.39 is 40.5 Å². The molecule has 4 saturated heterocycles. The predicted octanol–water partition coefficient (Wildman–Crippen LogP) is 6.29. The average Bonchev–Trinajstić information content (AvgIpc) is 3.71. The highest BCUT2D eigenvalue weighted by atomic mass is 19.4. The van der Waals surface area contributed by atoms with Crippen LogP contribution in [0, 0.1) is 11.2 Å². The van der Waals surface area contributed by atoms with Gasteiger partial charge in [-0.3, -0.25) is 4.90 Å². The maximum Gasteiger partial charge on any atom is 0.417 e. The number of nitrogens with zero attached hydrogens (tertiary/aromatic N) is 5. The lowest BCUT2D eigenvalue weighted by molar-refractivity contribution is -0.137. The van der Waals surface area contributed by atoms with E-state index in [4.69, 9.17) is 29.7 Å². The van der Waals surface area contributed by atoms with Crippen molar-refractivity contribution in [1.29, 1.82) is 0 Å². The van der Waals surface area contributed by atoms with Gasteiger partial charge in [-0.15, -0.1) is 0 Å². The second kappa shape index (κ2) is 11.4. The van der Waals surface area contributed by atoms with Crippen LogP contribution in [-0.2, 0) is 22.1 Å². The van der Waals surface area contributed by atoms with Gasteiger partial charge in [0.1, 0.15) is 28.0 Å². The standard InChI is InChI=1S/C35H40F4N6O5/c1-5-17-10-18(40)11-21(25(17)35(37,38)39)27-26(36)28-24-29(43-31(42-28)49-16-34-12-20(13-34)48-15-34)44-14-19-6-7-23(22(44)8-9-47-30(24)41-27)45(19)32(46)50-33(2,3)4/h10-11,19-20,22-23H,5-9,12-16,40H2,1-4H3/t19-,20?,22-,23+,34?/m1/s1. The molecule has 6 aliphatic rings. The molecule has 1 aromatic carbocycles. The Morgan fingerprint density at radius 1 is 1.10 bits per heavy atom. The number of ether oxygens (including phenoxy) is 4. The SMILES string of the molecule is CCc1cc(N)cc(-c2nc3c4c(nc(OCC56COC(C5)C6)nc4c2F)N2C[C@H]4CC[C@@H]([C@H]2CCO3)N4C(=O)OC(C)(C)C)c1C(F)(F)F. The average molecular weight is 701 g/mol. The molecule has 4 bridgehead atoms. The summed E-state index contributed by atoms with van der Waals surface area (Å²) in [6.07, 6.45) is -1.45. The Kier molecular flexibility index (Phi) is 7.56. The highest BCUT2D eigenvalue weighted by molar-refractivity contribution is 5.97. The van der Waals surface area contributed by atoms with E-state index in [0.29, 0.717) is 25.4 Å². The van der Waals surface area contributed by atoms with Crippen molar-refractivity contribution < 1.29 is 41.3 Å². The van der Waals surface area contributed by atoms with Gasteiger partial charge in [0.15, 0.2) is 5.82 Å². The van der Waals surface area contributed by atoms with Crippen LogP contribution in [0.1, 0.15) is 70.9 Å². The number of aromatic nitrogens is 3. The number of carbonyl (C=O) groups is 1. The number of nitrogens with two attached hydrogens (primary N) is 1. The van der Waals surface area contributed by atoms with E-state index in [1.165, 1.54) is 6.07 Å². The van der Waals surface area contributed by atoms with E-state index in [0.717, 1.165) is 31.7 Å². The molecular formula is C35H40F4N6O5. The highest BCUT2D eigenvalue weighted by Crippen LogP contribution is 2.51. The number of alkyl halides is 3. The lowest BCUT2D eigenvalue weighted by atomic mass is 9.71. The van der Waals surface area contributed by atoms with E-state index >= 15 is 4.39 Å². The fraction of sp³-hybridized carbons (Fsp3) is 0.600. The molecule has 50 heavy (non-hydrogen) atoms. The van der Waals surface area contributed by atoms with Gasteiger partial charge < -0.3 is 29.6 Å². The van der Waals surface area contributed by atoms with Crippen LogP contribution in [0.2, 0.25) is 0 Å². The topological polar surface area (TPSA) is 125 Å². The zero-order chi connectivity index (χ0) is 35.3. The van der Waals surface area contributed by atoms with Crippen molar-refractivity contribution in [3.63, 3.8) is 0 Å². The van der Waals surface area contributed by atoms with Gasteiger partial charge in [-0.25, -0.2) is 14.2 Å². The summed E-state index contributed by atoms with van der Waals surface area (Å²) in [6.45, 7) is 8.28. The third-order valence-corrected chi connectivity index (χ3v) is 10.7. The largest absolute Gasteiger partial charge is 0.477 e. The summed E-state index contributed by atoms with van der Waals surface area (Å²) < 4.78 is 84.7. The van der Waals surface area contributed by atoms with Gasteiger partial charge in [0, 0.05) is 29.6 Å². The Hall–Kier alpha value is -4.14. The first-order valence-corrected chi connectivity index (χ1v) is 17.2. The van der Waals surface area contributed by atoms with Crippen molar-refractivity contribution in [3.8, 4) is 23.1 Å². The second-order valence-corrected chi connectivity index (χ2v) is 15.3. The van der Waals surface area contributed by atoms with E-state index in [-0.39, 0.29) is 83.3 Å². The molecule has 9 rings (SSSR count). The number of hydrogen-bond donors (Lipinski definition) is 1. The van der Waals surface area contributed by atoms with Crippen molar-refractivity contribution in [2.24, 2.45) is 5.41 Å². The van der Waals surface area contributed by atoms with Gasteiger partial charge in [-0.1, -0.05) is 6.92 Å². The van der Waals surface area contributed by atoms with Crippen molar-refractivity contribution in [2.75, 3.05) is 37.0 Å². The molecule has 2 aromatic heterocycles. The van der Waals surface area contributed by atoms with Crippen LogP contribution in [0.25, 0.3) is 22.2 Å². The number of benzene rings is 1. The molecule has 0 radical (unpaired) electrons. The van der Waals surface area contributed by atoms with Gasteiger partial charge in [0.25, 0.3) is 0 Å². The summed E-state index contributed by atoms with van der Waals surface area (Å²) in [5, 5.41) is 0.132. The number of hydrogen-bond acceptors (Lipinski definition) is 10. The Bertz CT molecular complexity index is 1870. The number of aryl methyl sites for hydroxylation is 1. The van der Waals surface area contributed by atoms with Crippen LogP contribution in [0.5, 0.6) is 11.9 Å². The number of nitrogen functional groups attached to an aromatic ring is 1. The molecule has 1 amide bonds. The van der Waals surface area contributed by atoms with Crippen LogP contribution in [0.3, 0.4) is 0 Å². The maximum atomic E-state index is 17.0. The zero-order valence-electron chi connectivity index (χ0n) is 28.4. The van der Waals surface area contributed by atoms with Gasteiger partial charge in [0.05, 0.1) is 49.6 Å². The number of amides is 1. The molecule has 0 unspecified atom stereocenters. The quantitative estimate of drug-likeness (QED) is 0.240. The molecule has 0 spiro atoms. The first kappa shape index (κ1) is 33.0. The summed E-state index contributed by atoms with van der Waals surface area (Å²) in [7, 11) is 0. The molecule has 5 fully saturated rings. The van der Waals surface area contributed by atoms with E-state index in [1.54, 1.807) is 6.92 Å². The molecule has 15 heteroatoms. The Morgan fingerprint density at radius 3 is 2.56 bits per heavy atom. The van der Waals surface area contributed by atoms with Crippen molar-refractivity contribution in [2.45, 2.75) is 102 Å². The van der Waals surface area contributed by atoms with Crippen LogP contribution in [-0.4, -0.2) is 82.1 Å². The molecule has 1 aliphatic carbocycles. The lowest BCUT2D eigenvalue weighted by Crippen LogP contribution is -2.62. The minimum Gasteiger partial charge on any atom is -0.477 e. The number of rotatable bonds is 5. The van der Waals surface area contributed by atoms with Crippen LogP contribution >= 0.6 is 0 Å². The molecule has 5 aliphatic heterocycles. The Morgan fingerprint density at radius 2 is 1.88 bits per heavy atom. The second-order valence-electron chi connectivity index (χ2n) is 15.3. The molecule has 2 N–H and O–H groups in total. The van der Waals surface area contributed by atoms with Gasteiger partial charge >= 0.3 is 18.3 Å². The van der Waals surface area contributed by atoms with Crippen molar-refractivity contribution >= 4 is 28.5 Å². The number of halogens is 4. The summed E-state index contributed by atoms with van der Waals surface area (Å²) in [4.78, 5) is 31.0. The van der Waals surface area contributed by atoms with Crippen LogP contribution < -0.4 is 20.1 Å². The summed E-state index contributed by atoms with van der Waals surface area (Å²) in [5.41, 5.74) is 2.79. The van der Waals surface area contributed by atoms with E-state index in [1.807, 2.05) is 30.6 Å². The molecule has 1 saturated carbocycles. The van der Waals surface area contributed by atoms with E-state index in [9.17, 15) is 18.0 Å². The first-order valence-electron chi connectivity index (χ1n) is 17.2. The van der Waals surface area contributed by atoms with Crippen molar-refractivity contribution in [3.05, 3.63) is 29.1 Å². The molecule has 3 aromatic rings.